The third kappa shape index (κ3) is 4.42. The predicted octanol–water partition coefficient (Wildman–Crippen LogP) is 2.79. The summed E-state index contributed by atoms with van der Waals surface area (Å²) in [5, 5.41) is 8.30. The molecule has 150 valence electrons. The van der Waals surface area contributed by atoms with E-state index in [4.69, 9.17) is 9.15 Å². The van der Waals surface area contributed by atoms with Crippen molar-refractivity contribution in [3.8, 4) is 17.3 Å². The second-order valence-electron chi connectivity index (χ2n) is 7.17. The van der Waals surface area contributed by atoms with Gasteiger partial charge in [0.15, 0.2) is 0 Å². The molecule has 3 heterocycles. The number of carbonyl (C=O) groups is 1. The largest absolute Gasteiger partial charge is 0.497 e. The molecule has 1 amide bonds. The maximum absolute atomic E-state index is 12.6. The van der Waals surface area contributed by atoms with Gasteiger partial charge in [-0.1, -0.05) is 12.1 Å². The van der Waals surface area contributed by atoms with Gasteiger partial charge in [0, 0.05) is 25.2 Å². The number of aromatic nitrogens is 4. The number of benzene rings is 1. The molecule has 1 aliphatic heterocycles. The summed E-state index contributed by atoms with van der Waals surface area (Å²) < 4.78 is 11.1. The van der Waals surface area contributed by atoms with Crippen LogP contribution in [0.3, 0.4) is 0 Å². The molecule has 1 aliphatic rings. The third-order valence-corrected chi connectivity index (χ3v) is 5.13. The maximum Gasteiger partial charge on any atom is 0.267 e. The van der Waals surface area contributed by atoms with Crippen LogP contribution in [-0.4, -0.2) is 51.2 Å². The number of hydrogen-bond acceptors (Lipinski definition) is 7. The van der Waals surface area contributed by atoms with E-state index in [2.05, 4.69) is 20.2 Å². The summed E-state index contributed by atoms with van der Waals surface area (Å²) in [7, 11) is 1.63. The van der Waals surface area contributed by atoms with E-state index in [9.17, 15) is 4.79 Å². The molecule has 2 aromatic heterocycles. The Bertz CT molecular complexity index is 978. The lowest BCUT2D eigenvalue weighted by atomic mass is 9.96. The zero-order valence-electron chi connectivity index (χ0n) is 16.5. The van der Waals surface area contributed by atoms with E-state index in [1.165, 1.54) is 0 Å². The fourth-order valence-electron chi connectivity index (χ4n) is 3.45. The summed E-state index contributed by atoms with van der Waals surface area (Å²) in [5.41, 5.74) is 2.36. The minimum atomic E-state index is 0.123. The van der Waals surface area contributed by atoms with Gasteiger partial charge in [-0.15, -0.1) is 10.2 Å². The molecule has 8 nitrogen and oxygen atoms in total. The maximum atomic E-state index is 12.6. The Morgan fingerprint density at radius 1 is 1.21 bits per heavy atom. The smallest absolute Gasteiger partial charge is 0.267 e. The highest BCUT2D eigenvalue weighted by Crippen LogP contribution is 2.29. The number of carbonyl (C=O) groups excluding carboxylic acids is 1. The number of piperidine rings is 1. The van der Waals surface area contributed by atoms with E-state index >= 15 is 0 Å². The molecule has 0 saturated carbocycles. The van der Waals surface area contributed by atoms with Gasteiger partial charge in [-0.2, -0.15) is 0 Å². The highest BCUT2D eigenvalue weighted by atomic mass is 16.5. The van der Waals surface area contributed by atoms with Crippen molar-refractivity contribution in [3.05, 3.63) is 53.8 Å². The molecule has 0 N–H and O–H groups in total. The van der Waals surface area contributed by atoms with Crippen molar-refractivity contribution in [1.29, 1.82) is 0 Å². The van der Waals surface area contributed by atoms with Crippen molar-refractivity contribution in [2.75, 3.05) is 20.2 Å². The van der Waals surface area contributed by atoms with E-state index in [0.29, 0.717) is 37.0 Å². The third-order valence-electron chi connectivity index (χ3n) is 5.13. The van der Waals surface area contributed by atoms with Gasteiger partial charge in [0.1, 0.15) is 11.4 Å². The summed E-state index contributed by atoms with van der Waals surface area (Å²) in [6, 6.07) is 7.62. The van der Waals surface area contributed by atoms with Crippen LogP contribution >= 0.6 is 0 Å². The zero-order valence-corrected chi connectivity index (χ0v) is 16.5. The van der Waals surface area contributed by atoms with Crippen molar-refractivity contribution < 1.29 is 13.9 Å². The van der Waals surface area contributed by atoms with Gasteiger partial charge in [-0.25, -0.2) is 4.98 Å². The van der Waals surface area contributed by atoms with E-state index in [1.807, 2.05) is 36.1 Å². The number of likely N-dealkylation sites (tertiary alicyclic amines) is 1. The normalized spacial score (nSPS) is 14.8. The van der Waals surface area contributed by atoms with Gasteiger partial charge < -0.3 is 14.1 Å². The monoisotopic (exact) mass is 393 g/mol. The van der Waals surface area contributed by atoms with Gasteiger partial charge >= 0.3 is 0 Å². The van der Waals surface area contributed by atoms with Crippen molar-refractivity contribution in [2.24, 2.45) is 0 Å². The summed E-state index contributed by atoms with van der Waals surface area (Å²) in [5.74, 6) is 2.01. The lowest BCUT2D eigenvalue weighted by Gasteiger charge is -2.30. The summed E-state index contributed by atoms with van der Waals surface area (Å²) in [6.07, 6.45) is 5.27. The fraction of sp³-hybridized carbons (Fsp3) is 0.381. The number of rotatable bonds is 5. The molecule has 0 spiro atoms. The van der Waals surface area contributed by atoms with Crippen LogP contribution in [0.1, 0.15) is 35.9 Å². The molecule has 0 aliphatic carbocycles. The SMILES string of the molecule is COc1cccc(CC(=O)N2CCC(c3nnc(-c4cnc(C)cn4)o3)CC2)c1. The van der Waals surface area contributed by atoms with Gasteiger partial charge in [0.2, 0.25) is 11.8 Å². The fourth-order valence-corrected chi connectivity index (χ4v) is 3.45. The van der Waals surface area contributed by atoms with Crippen molar-refractivity contribution >= 4 is 5.91 Å². The van der Waals surface area contributed by atoms with E-state index in [1.54, 1.807) is 19.5 Å². The lowest BCUT2D eigenvalue weighted by Crippen LogP contribution is -2.38. The second-order valence-corrected chi connectivity index (χ2v) is 7.17. The Morgan fingerprint density at radius 3 is 2.76 bits per heavy atom. The highest BCUT2D eigenvalue weighted by Gasteiger charge is 2.27. The van der Waals surface area contributed by atoms with Gasteiger partial charge in [-0.05, 0) is 37.5 Å². The molecule has 0 unspecified atom stereocenters. The van der Waals surface area contributed by atoms with Gasteiger partial charge in [-0.3, -0.25) is 9.78 Å². The van der Waals surface area contributed by atoms with Gasteiger partial charge in [0.05, 0.1) is 25.4 Å². The minimum Gasteiger partial charge on any atom is -0.497 e. The Labute approximate surface area is 169 Å². The number of amides is 1. The molecule has 1 aromatic carbocycles. The van der Waals surface area contributed by atoms with E-state index < -0.39 is 0 Å². The van der Waals surface area contributed by atoms with Crippen molar-refractivity contribution in [1.82, 2.24) is 25.1 Å². The van der Waals surface area contributed by atoms with Crippen molar-refractivity contribution in [2.45, 2.75) is 32.1 Å². The molecule has 8 heteroatoms. The lowest BCUT2D eigenvalue weighted by molar-refractivity contribution is -0.131. The molecule has 29 heavy (non-hydrogen) atoms. The first-order valence-electron chi connectivity index (χ1n) is 9.65. The highest BCUT2D eigenvalue weighted by molar-refractivity contribution is 5.79. The second kappa shape index (κ2) is 8.38. The average Bonchev–Trinajstić information content (AvgIpc) is 3.25. The Hall–Kier alpha value is -3.29. The van der Waals surface area contributed by atoms with Crippen LogP contribution in [-0.2, 0) is 11.2 Å². The summed E-state index contributed by atoms with van der Waals surface area (Å²) in [4.78, 5) is 23.0. The number of methoxy groups -OCH3 is 1. The molecule has 4 rings (SSSR count). The first-order valence-corrected chi connectivity index (χ1v) is 9.65. The summed E-state index contributed by atoms with van der Waals surface area (Å²) >= 11 is 0. The standard InChI is InChI=1S/C21H23N5O3/c1-14-12-23-18(13-22-14)21-25-24-20(29-21)16-6-8-26(9-7-16)19(27)11-15-4-3-5-17(10-15)28-2/h3-5,10,12-13,16H,6-9,11H2,1-2H3. The van der Waals surface area contributed by atoms with Gasteiger partial charge in [0.25, 0.3) is 5.89 Å². The minimum absolute atomic E-state index is 0.123. The van der Waals surface area contributed by atoms with Crippen LogP contribution in [0.15, 0.2) is 41.1 Å². The number of nitrogens with zero attached hydrogens (tertiary/aromatic N) is 5. The first kappa shape index (κ1) is 19.0. The van der Waals surface area contributed by atoms with Crippen molar-refractivity contribution in [3.63, 3.8) is 0 Å². The van der Waals surface area contributed by atoms with Crippen LogP contribution in [0.5, 0.6) is 5.75 Å². The first-order chi connectivity index (χ1) is 14.1. The van der Waals surface area contributed by atoms with Crippen LogP contribution in [0.2, 0.25) is 0 Å². The molecular formula is C21H23N5O3. The molecule has 1 fully saturated rings. The molecule has 0 bridgehead atoms. The molecule has 0 radical (unpaired) electrons. The Morgan fingerprint density at radius 2 is 2.03 bits per heavy atom. The molecule has 3 aromatic rings. The predicted molar refractivity (Wildman–Crippen MR) is 105 cm³/mol. The van der Waals surface area contributed by atoms with Crippen LogP contribution in [0.4, 0.5) is 0 Å². The Balaban J connectivity index is 1.34. The average molecular weight is 393 g/mol. The number of aryl methyl sites for hydroxylation is 1. The zero-order chi connectivity index (χ0) is 20.2. The number of ether oxygens (including phenoxy) is 1. The van der Waals surface area contributed by atoms with Crippen LogP contribution in [0, 0.1) is 6.92 Å². The molecule has 0 atom stereocenters. The van der Waals surface area contributed by atoms with E-state index in [-0.39, 0.29) is 11.8 Å². The number of hydrogen-bond donors (Lipinski definition) is 0. The van der Waals surface area contributed by atoms with E-state index in [0.717, 1.165) is 29.8 Å². The summed E-state index contributed by atoms with van der Waals surface area (Å²) in [6.45, 7) is 3.23. The van der Waals surface area contributed by atoms with Crippen LogP contribution in [0.25, 0.3) is 11.6 Å². The molecular weight excluding hydrogens is 370 g/mol. The molecule has 1 saturated heterocycles. The van der Waals surface area contributed by atoms with Crippen LogP contribution < -0.4 is 4.74 Å². The topological polar surface area (TPSA) is 94.2 Å². The quantitative estimate of drug-likeness (QED) is 0.658. The Kier molecular flexibility index (Phi) is 5.50.